The van der Waals surface area contributed by atoms with E-state index in [0.717, 1.165) is 54.0 Å². The predicted octanol–water partition coefficient (Wildman–Crippen LogP) is 14.0. The van der Waals surface area contributed by atoms with Gasteiger partial charge in [0.1, 0.15) is 0 Å². The minimum atomic E-state index is 0.708. The SMILES string of the molecule is C1=CC(c2nc(C3=CC=C(n4c5ccccc5c5cc(-c6ccc7c(c6)c6ccccc6n7-c6ccc7ccccc7c6)ccc54)CC3)nc(-c3ccccc3)n2)=CCC1. The highest BCUT2D eigenvalue weighted by Gasteiger charge is 2.21. The maximum absolute atomic E-state index is 5.05. The Bertz CT molecular complexity index is 3480. The van der Waals surface area contributed by atoms with Crippen molar-refractivity contribution in [3.8, 4) is 28.2 Å². The molecule has 0 saturated carbocycles. The number of nitrogens with zero attached hydrogens (tertiary/aromatic N) is 5. The summed E-state index contributed by atoms with van der Waals surface area (Å²) in [6.07, 6.45) is 14.8. The average molecular weight is 770 g/mol. The van der Waals surface area contributed by atoms with Crippen molar-refractivity contribution in [3.05, 3.63) is 200 Å². The van der Waals surface area contributed by atoms with Gasteiger partial charge in [0, 0.05) is 44.1 Å². The summed E-state index contributed by atoms with van der Waals surface area (Å²) in [5.41, 5.74) is 12.9. The molecule has 0 saturated heterocycles. The normalized spacial score (nSPS) is 14.3. The van der Waals surface area contributed by atoms with Crippen LogP contribution in [0.1, 0.15) is 37.3 Å². The molecule has 0 spiro atoms. The van der Waals surface area contributed by atoms with Crippen LogP contribution in [0.25, 0.3) is 99.4 Å². The largest absolute Gasteiger partial charge is 0.313 e. The summed E-state index contributed by atoms with van der Waals surface area (Å²) < 4.78 is 4.86. The summed E-state index contributed by atoms with van der Waals surface area (Å²) in [4.78, 5) is 15.0. The third kappa shape index (κ3) is 5.73. The van der Waals surface area contributed by atoms with E-state index in [1.807, 2.05) is 18.2 Å². The number of allylic oxidation sites excluding steroid dienone is 8. The van der Waals surface area contributed by atoms with Gasteiger partial charge < -0.3 is 9.13 Å². The van der Waals surface area contributed by atoms with Crippen LogP contribution in [0.3, 0.4) is 0 Å². The molecule has 5 nitrogen and oxygen atoms in total. The smallest absolute Gasteiger partial charge is 0.164 e. The third-order valence-corrected chi connectivity index (χ3v) is 12.3. The molecule has 0 N–H and O–H groups in total. The third-order valence-electron chi connectivity index (χ3n) is 12.3. The summed E-state index contributed by atoms with van der Waals surface area (Å²) in [7, 11) is 0. The van der Waals surface area contributed by atoms with Crippen molar-refractivity contribution in [2.24, 2.45) is 0 Å². The summed E-state index contributed by atoms with van der Waals surface area (Å²) in [5.74, 6) is 2.19. The van der Waals surface area contributed by atoms with Crippen molar-refractivity contribution in [2.45, 2.75) is 25.7 Å². The van der Waals surface area contributed by atoms with Crippen LogP contribution in [-0.4, -0.2) is 24.1 Å². The Balaban J connectivity index is 0.941. The van der Waals surface area contributed by atoms with Gasteiger partial charge in [-0.25, -0.2) is 15.0 Å². The molecule has 60 heavy (non-hydrogen) atoms. The van der Waals surface area contributed by atoms with Gasteiger partial charge in [0.2, 0.25) is 0 Å². The second-order valence-electron chi connectivity index (χ2n) is 15.9. The van der Waals surface area contributed by atoms with Gasteiger partial charge in [-0.3, -0.25) is 0 Å². The van der Waals surface area contributed by atoms with E-state index >= 15 is 0 Å². The maximum Gasteiger partial charge on any atom is 0.164 e. The first-order chi connectivity index (χ1) is 29.7. The Labute approximate surface area is 347 Å². The molecule has 0 fully saturated rings. The van der Waals surface area contributed by atoms with Gasteiger partial charge in [-0.15, -0.1) is 0 Å². The highest BCUT2D eigenvalue weighted by Crippen LogP contribution is 2.40. The van der Waals surface area contributed by atoms with Gasteiger partial charge in [-0.1, -0.05) is 133 Å². The van der Waals surface area contributed by atoms with Gasteiger partial charge in [0.25, 0.3) is 0 Å². The van der Waals surface area contributed by atoms with Crippen molar-refractivity contribution in [1.82, 2.24) is 24.1 Å². The van der Waals surface area contributed by atoms with E-state index in [-0.39, 0.29) is 0 Å². The van der Waals surface area contributed by atoms with Crippen LogP contribution >= 0.6 is 0 Å². The quantitative estimate of drug-likeness (QED) is 0.169. The van der Waals surface area contributed by atoms with E-state index < -0.39 is 0 Å². The summed E-state index contributed by atoms with van der Waals surface area (Å²) >= 11 is 0. The van der Waals surface area contributed by atoms with Crippen LogP contribution in [0, 0.1) is 0 Å². The van der Waals surface area contributed by atoms with Crippen LogP contribution in [0.5, 0.6) is 0 Å². The molecule has 0 unspecified atom stereocenters. The van der Waals surface area contributed by atoms with E-state index in [1.165, 1.54) is 76.9 Å². The first kappa shape index (κ1) is 34.4. The molecule has 284 valence electrons. The number of fused-ring (bicyclic) bond motifs is 7. The molecule has 2 aliphatic rings. The zero-order valence-electron chi connectivity index (χ0n) is 33.0. The van der Waals surface area contributed by atoms with Crippen molar-refractivity contribution in [3.63, 3.8) is 0 Å². The van der Waals surface area contributed by atoms with Gasteiger partial charge in [0.05, 0.1) is 22.1 Å². The fourth-order valence-corrected chi connectivity index (χ4v) is 9.35. The molecule has 5 heteroatoms. The zero-order valence-corrected chi connectivity index (χ0v) is 33.0. The number of aromatic nitrogens is 5. The molecule has 3 heterocycles. The van der Waals surface area contributed by atoms with Gasteiger partial charge in [-0.05, 0) is 108 Å². The van der Waals surface area contributed by atoms with Crippen molar-refractivity contribution in [2.75, 3.05) is 0 Å². The van der Waals surface area contributed by atoms with Gasteiger partial charge in [-0.2, -0.15) is 0 Å². The van der Waals surface area contributed by atoms with E-state index in [4.69, 9.17) is 15.0 Å². The molecule has 12 rings (SSSR count). The standard InChI is InChI=1S/C55H39N5/c1-3-14-37(15-4-1)53-56-54(38-16-5-2-6-17-38)58-55(57-53)39-24-28-43(29-25-39)59-49-21-11-9-19-45(49)47-34-41(26-31-51(47)59)42-27-32-52-48(35-42)46-20-10-12-22-50(46)60(52)44-30-23-36-13-7-8-18-40(36)33-44/h1,3-5,7-24,26-28,30-35H,2,6,25,29H2. The highest BCUT2D eigenvalue weighted by molar-refractivity contribution is 6.13. The molecule has 0 bridgehead atoms. The Morgan fingerprint density at radius 3 is 1.77 bits per heavy atom. The molecule has 0 amide bonds. The Morgan fingerprint density at radius 2 is 1.05 bits per heavy atom. The molecule has 2 aliphatic carbocycles. The van der Waals surface area contributed by atoms with Crippen LogP contribution in [0.15, 0.2) is 188 Å². The topological polar surface area (TPSA) is 48.5 Å². The molecular formula is C55H39N5. The minimum Gasteiger partial charge on any atom is -0.313 e. The van der Waals surface area contributed by atoms with Gasteiger partial charge >= 0.3 is 0 Å². The fourth-order valence-electron chi connectivity index (χ4n) is 9.35. The molecule has 0 radical (unpaired) electrons. The van der Waals surface area contributed by atoms with Crippen molar-refractivity contribution in [1.29, 1.82) is 0 Å². The van der Waals surface area contributed by atoms with Crippen LogP contribution in [0.4, 0.5) is 0 Å². The molecule has 0 atom stereocenters. The summed E-state index contributed by atoms with van der Waals surface area (Å²) in [6, 6.07) is 57.1. The van der Waals surface area contributed by atoms with E-state index in [9.17, 15) is 0 Å². The molecule has 0 aliphatic heterocycles. The second-order valence-corrected chi connectivity index (χ2v) is 15.9. The monoisotopic (exact) mass is 769 g/mol. The lowest BCUT2D eigenvalue weighted by molar-refractivity contribution is 0.939. The molecular weight excluding hydrogens is 731 g/mol. The second kappa shape index (κ2) is 14.0. The number of hydrogen-bond donors (Lipinski definition) is 0. The average Bonchev–Trinajstić information content (AvgIpc) is 3.84. The first-order valence-electron chi connectivity index (χ1n) is 20.9. The summed E-state index contributed by atoms with van der Waals surface area (Å²) in [5, 5.41) is 7.50. The number of hydrogen-bond acceptors (Lipinski definition) is 3. The van der Waals surface area contributed by atoms with Crippen LogP contribution < -0.4 is 0 Å². The maximum atomic E-state index is 5.05. The van der Waals surface area contributed by atoms with Crippen molar-refractivity contribution >= 4 is 71.2 Å². The zero-order chi connectivity index (χ0) is 39.6. The Kier molecular flexibility index (Phi) is 8.05. The fraction of sp³-hybridized carbons (Fsp3) is 0.0727. The predicted molar refractivity (Wildman–Crippen MR) is 250 cm³/mol. The number of rotatable bonds is 6. The lowest BCUT2D eigenvalue weighted by Crippen LogP contribution is -2.07. The van der Waals surface area contributed by atoms with Crippen LogP contribution in [-0.2, 0) is 0 Å². The van der Waals surface area contributed by atoms with Gasteiger partial charge in [0.15, 0.2) is 17.5 Å². The summed E-state index contributed by atoms with van der Waals surface area (Å²) in [6.45, 7) is 0. The number of benzene rings is 7. The molecule has 7 aromatic carbocycles. The van der Waals surface area contributed by atoms with E-state index in [1.54, 1.807) is 0 Å². The van der Waals surface area contributed by atoms with Crippen LogP contribution in [0.2, 0.25) is 0 Å². The van der Waals surface area contributed by atoms with E-state index in [0.29, 0.717) is 5.82 Å². The Hall–Kier alpha value is -7.63. The molecule has 10 aromatic rings. The lowest BCUT2D eigenvalue weighted by atomic mass is 10.00. The highest BCUT2D eigenvalue weighted by atomic mass is 15.0. The first-order valence-corrected chi connectivity index (χ1v) is 20.9. The lowest BCUT2D eigenvalue weighted by Gasteiger charge is -2.18. The molecule has 3 aromatic heterocycles. The Morgan fingerprint density at radius 1 is 0.417 bits per heavy atom. The van der Waals surface area contributed by atoms with E-state index in [2.05, 4.69) is 179 Å². The number of para-hydroxylation sites is 2. The van der Waals surface area contributed by atoms with Crippen molar-refractivity contribution < 1.29 is 0 Å². The minimum absolute atomic E-state index is 0.708.